The Balaban J connectivity index is 2.13. The van der Waals surface area contributed by atoms with Gasteiger partial charge in [-0.2, -0.15) is 0 Å². The van der Waals surface area contributed by atoms with Crippen molar-refractivity contribution >= 4 is 0 Å². The Morgan fingerprint density at radius 3 is 2.19 bits per heavy atom. The Morgan fingerprint density at radius 2 is 1.58 bits per heavy atom. The molecular weight excluding hydrogens is 320 g/mol. The number of rotatable bonds is 9. The molecule has 2 aromatic rings. The summed E-state index contributed by atoms with van der Waals surface area (Å²) in [6, 6.07) is 17.3. The summed E-state index contributed by atoms with van der Waals surface area (Å²) in [4.78, 5) is 0. The van der Waals surface area contributed by atoms with E-state index in [4.69, 9.17) is 9.47 Å². The second-order valence-corrected chi connectivity index (χ2v) is 8.12. The van der Waals surface area contributed by atoms with E-state index in [1.807, 2.05) is 24.3 Å². The van der Waals surface area contributed by atoms with Crippen molar-refractivity contribution in [3.63, 3.8) is 0 Å². The zero-order chi connectivity index (χ0) is 19.2. The molecule has 0 fully saturated rings. The monoisotopic (exact) mass is 353 g/mol. The third kappa shape index (κ3) is 5.03. The second kappa shape index (κ2) is 8.62. The standard InChI is InChI=1S/C24H33O2/c1-7-23(3,4)19-14-15-22(21(18-19)24(5,6)8-2)26-17-16-25-20-12-10-9-11-13-20/h9-10,12-15,18H,7-8,16-17H2,1-6H3. The van der Waals surface area contributed by atoms with Crippen molar-refractivity contribution in [1.82, 2.24) is 0 Å². The Labute approximate surface area is 159 Å². The van der Waals surface area contributed by atoms with Crippen LogP contribution < -0.4 is 9.47 Å². The summed E-state index contributed by atoms with van der Waals surface area (Å²) < 4.78 is 11.8. The van der Waals surface area contributed by atoms with Crippen LogP contribution in [0, 0.1) is 6.07 Å². The first-order valence-corrected chi connectivity index (χ1v) is 9.67. The first-order valence-electron chi connectivity index (χ1n) is 9.67. The second-order valence-electron chi connectivity index (χ2n) is 8.12. The van der Waals surface area contributed by atoms with Crippen LogP contribution in [0.5, 0.6) is 11.5 Å². The minimum atomic E-state index is 0.0738. The Kier molecular flexibility index (Phi) is 6.75. The molecule has 0 N–H and O–H groups in total. The third-order valence-corrected chi connectivity index (χ3v) is 5.55. The lowest BCUT2D eigenvalue weighted by Gasteiger charge is -2.30. The van der Waals surface area contributed by atoms with Crippen LogP contribution in [0.15, 0.2) is 42.5 Å². The Bertz CT molecular complexity index is 687. The molecule has 141 valence electrons. The van der Waals surface area contributed by atoms with E-state index < -0.39 is 0 Å². The van der Waals surface area contributed by atoms with E-state index in [1.54, 1.807) is 0 Å². The van der Waals surface area contributed by atoms with Gasteiger partial charge in [-0.25, -0.2) is 0 Å². The molecule has 0 unspecified atom stereocenters. The fraction of sp³-hybridized carbons (Fsp3) is 0.500. The van der Waals surface area contributed by atoms with Crippen LogP contribution in [0.4, 0.5) is 0 Å². The zero-order valence-electron chi connectivity index (χ0n) is 17.2. The summed E-state index contributed by atoms with van der Waals surface area (Å²) in [5, 5.41) is 0. The van der Waals surface area contributed by atoms with E-state index in [0.29, 0.717) is 13.2 Å². The maximum Gasteiger partial charge on any atom is 0.123 e. The molecule has 0 aliphatic heterocycles. The predicted molar refractivity (Wildman–Crippen MR) is 109 cm³/mol. The van der Waals surface area contributed by atoms with Crippen molar-refractivity contribution in [2.45, 2.75) is 65.2 Å². The van der Waals surface area contributed by atoms with Crippen LogP contribution in [0.25, 0.3) is 0 Å². The van der Waals surface area contributed by atoms with Crippen LogP contribution in [-0.2, 0) is 10.8 Å². The van der Waals surface area contributed by atoms with Crippen LogP contribution in [-0.4, -0.2) is 13.2 Å². The normalized spacial score (nSPS) is 12.1. The summed E-state index contributed by atoms with van der Waals surface area (Å²) in [6.07, 6.45) is 2.18. The maximum absolute atomic E-state index is 6.11. The van der Waals surface area contributed by atoms with Gasteiger partial charge in [0.15, 0.2) is 0 Å². The highest BCUT2D eigenvalue weighted by molar-refractivity contribution is 5.44. The Morgan fingerprint density at radius 1 is 0.885 bits per heavy atom. The van der Waals surface area contributed by atoms with Gasteiger partial charge in [0.2, 0.25) is 0 Å². The van der Waals surface area contributed by atoms with Crippen molar-refractivity contribution in [1.29, 1.82) is 0 Å². The van der Waals surface area contributed by atoms with Gasteiger partial charge in [-0.1, -0.05) is 65.8 Å². The van der Waals surface area contributed by atoms with Gasteiger partial charge in [-0.05, 0) is 53.5 Å². The molecule has 0 saturated carbocycles. The van der Waals surface area contributed by atoms with Gasteiger partial charge in [0.1, 0.15) is 24.7 Å². The largest absolute Gasteiger partial charge is 0.490 e. The molecule has 0 heterocycles. The van der Waals surface area contributed by atoms with Crippen molar-refractivity contribution < 1.29 is 9.47 Å². The summed E-state index contributed by atoms with van der Waals surface area (Å²) in [5.41, 5.74) is 2.90. The fourth-order valence-electron chi connectivity index (χ4n) is 2.78. The van der Waals surface area contributed by atoms with E-state index in [9.17, 15) is 0 Å². The van der Waals surface area contributed by atoms with Gasteiger partial charge < -0.3 is 9.47 Å². The Hall–Kier alpha value is -1.96. The summed E-state index contributed by atoms with van der Waals surface area (Å²) >= 11 is 0. The molecule has 26 heavy (non-hydrogen) atoms. The molecular formula is C24H33O2. The topological polar surface area (TPSA) is 18.5 Å². The van der Waals surface area contributed by atoms with E-state index in [2.05, 4.69) is 65.8 Å². The van der Waals surface area contributed by atoms with E-state index in [0.717, 1.165) is 24.3 Å². The molecule has 0 aliphatic carbocycles. The molecule has 0 amide bonds. The van der Waals surface area contributed by atoms with Crippen LogP contribution >= 0.6 is 0 Å². The molecule has 0 aliphatic rings. The van der Waals surface area contributed by atoms with Crippen LogP contribution in [0.2, 0.25) is 0 Å². The highest BCUT2D eigenvalue weighted by Crippen LogP contribution is 2.38. The van der Waals surface area contributed by atoms with Gasteiger partial charge in [-0.15, -0.1) is 0 Å². The first-order chi connectivity index (χ1) is 12.3. The first kappa shape index (κ1) is 20.4. The quantitative estimate of drug-likeness (QED) is 0.491. The van der Waals surface area contributed by atoms with Gasteiger partial charge in [0.25, 0.3) is 0 Å². The average Bonchev–Trinajstić information content (AvgIpc) is 2.66. The molecule has 0 bridgehead atoms. The minimum absolute atomic E-state index is 0.0738. The van der Waals surface area contributed by atoms with Gasteiger partial charge in [-0.3, -0.25) is 0 Å². The van der Waals surface area contributed by atoms with Crippen molar-refractivity contribution in [2.24, 2.45) is 0 Å². The number of ether oxygens (including phenoxy) is 2. The highest BCUT2D eigenvalue weighted by Gasteiger charge is 2.26. The van der Waals surface area contributed by atoms with Crippen molar-refractivity contribution in [3.05, 3.63) is 59.7 Å². The fourth-order valence-corrected chi connectivity index (χ4v) is 2.78. The number of benzene rings is 2. The summed E-state index contributed by atoms with van der Waals surface area (Å²) in [6.45, 7) is 14.7. The van der Waals surface area contributed by atoms with Crippen molar-refractivity contribution in [2.75, 3.05) is 13.2 Å². The minimum Gasteiger partial charge on any atom is -0.490 e. The molecule has 1 radical (unpaired) electrons. The van der Waals surface area contributed by atoms with Gasteiger partial charge in [0.05, 0.1) is 0 Å². The van der Waals surface area contributed by atoms with E-state index in [1.165, 1.54) is 11.1 Å². The SMILES string of the molecule is CCC(C)(C)c1ccc(OCCOc2c[c]ccc2)c(C(C)(C)CC)c1. The molecule has 0 spiro atoms. The lowest BCUT2D eigenvalue weighted by atomic mass is 9.76. The van der Waals surface area contributed by atoms with Crippen molar-refractivity contribution in [3.8, 4) is 11.5 Å². The molecule has 2 rings (SSSR count). The number of hydrogen-bond acceptors (Lipinski definition) is 2. The predicted octanol–water partition coefficient (Wildman–Crippen LogP) is 6.32. The summed E-state index contributed by atoms with van der Waals surface area (Å²) in [7, 11) is 0. The average molecular weight is 354 g/mol. The van der Waals surface area contributed by atoms with E-state index >= 15 is 0 Å². The number of hydrogen-bond donors (Lipinski definition) is 0. The lowest BCUT2D eigenvalue weighted by molar-refractivity contribution is 0.213. The van der Waals surface area contributed by atoms with E-state index in [-0.39, 0.29) is 10.8 Å². The highest BCUT2D eigenvalue weighted by atomic mass is 16.5. The van der Waals surface area contributed by atoms with Gasteiger partial charge >= 0.3 is 0 Å². The van der Waals surface area contributed by atoms with Crippen LogP contribution in [0.3, 0.4) is 0 Å². The van der Waals surface area contributed by atoms with Gasteiger partial charge in [0, 0.05) is 5.56 Å². The van der Waals surface area contributed by atoms with Crippen LogP contribution in [0.1, 0.15) is 65.5 Å². The molecule has 2 nitrogen and oxygen atoms in total. The maximum atomic E-state index is 6.11. The molecule has 0 saturated heterocycles. The molecule has 0 aromatic heterocycles. The smallest absolute Gasteiger partial charge is 0.123 e. The summed E-state index contributed by atoms with van der Waals surface area (Å²) in [5.74, 6) is 1.79. The molecule has 2 aromatic carbocycles. The molecule has 0 atom stereocenters. The third-order valence-electron chi connectivity index (χ3n) is 5.55. The molecule has 2 heteroatoms. The lowest BCUT2D eigenvalue weighted by Crippen LogP contribution is -2.22. The zero-order valence-corrected chi connectivity index (χ0v) is 17.2.